The van der Waals surface area contributed by atoms with Crippen LogP contribution in [-0.4, -0.2) is 40.1 Å². The molecule has 0 radical (unpaired) electrons. The number of para-hydroxylation sites is 1. The topological polar surface area (TPSA) is 91.8 Å². The summed E-state index contributed by atoms with van der Waals surface area (Å²) in [5.74, 6) is 1.53. The maximum atomic E-state index is 12.2. The lowest BCUT2D eigenvalue weighted by Crippen LogP contribution is -2.41. The fourth-order valence-corrected chi connectivity index (χ4v) is 4.17. The largest absolute Gasteiger partial charge is 0.489 e. The van der Waals surface area contributed by atoms with Crippen LogP contribution in [0.4, 0.5) is 0 Å². The molecule has 2 aromatic carbocycles. The Labute approximate surface area is 179 Å². The number of nitrogens with zero attached hydrogens (tertiary/aromatic N) is 1. The highest BCUT2D eigenvalue weighted by Crippen LogP contribution is 2.22. The smallest absolute Gasteiger partial charge is 0.240 e. The van der Waals surface area contributed by atoms with Gasteiger partial charge in [0.1, 0.15) is 11.9 Å². The molecule has 1 atom stereocenters. The first-order valence-electron chi connectivity index (χ1n) is 10.2. The number of hydrogen-bond donors (Lipinski definition) is 3. The maximum Gasteiger partial charge on any atom is 0.240 e. The first-order chi connectivity index (χ1) is 14.4. The van der Waals surface area contributed by atoms with Crippen LogP contribution < -0.4 is 20.1 Å². The Morgan fingerprint density at radius 2 is 1.83 bits per heavy atom. The molecule has 7 nitrogen and oxygen atoms in total. The predicted molar refractivity (Wildman–Crippen MR) is 119 cm³/mol. The number of aryl methyl sites for hydroxylation is 1. The van der Waals surface area contributed by atoms with Crippen molar-refractivity contribution in [2.75, 3.05) is 13.6 Å². The Morgan fingerprint density at radius 1 is 1.13 bits per heavy atom. The molecule has 162 valence electrons. The van der Waals surface area contributed by atoms with Gasteiger partial charge in [0.25, 0.3) is 0 Å². The van der Waals surface area contributed by atoms with Crippen molar-refractivity contribution in [3.05, 3.63) is 59.7 Å². The second-order valence-electron chi connectivity index (χ2n) is 7.54. The van der Waals surface area contributed by atoms with Gasteiger partial charge < -0.3 is 15.4 Å². The van der Waals surface area contributed by atoms with Crippen LogP contribution in [0.1, 0.15) is 30.9 Å². The lowest BCUT2D eigenvalue weighted by Gasteiger charge is -2.19. The monoisotopic (exact) mass is 430 g/mol. The van der Waals surface area contributed by atoms with Gasteiger partial charge in [-0.3, -0.25) is 4.99 Å². The molecule has 0 aliphatic heterocycles. The number of aliphatic imine (C=N–C) groups is 1. The summed E-state index contributed by atoms with van der Waals surface area (Å²) in [5.41, 5.74) is 2.07. The van der Waals surface area contributed by atoms with E-state index in [2.05, 4.69) is 20.3 Å². The quantitative estimate of drug-likeness (QED) is 0.420. The van der Waals surface area contributed by atoms with E-state index in [-0.39, 0.29) is 12.1 Å². The van der Waals surface area contributed by atoms with E-state index in [1.165, 1.54) is 0 Å². The van der Waals surface area contributed by atoms with Gasteiger partial charge in [0.05, 0.1) is 11.4 Å². The van der Waals surface area contributed by atoms with Gasteiger partial charge in [0.15, 0.2) is 5.96 Å². The maximum absolute atomic E-state index is 12.2. The zero-order valence-electron chi connectivity index (χ0n) is 17.7. The third-order valence-electron chi connectivity index (χ3n) is 4.80. The molecule has 30 heavy (non-hydrogen) atoms. The number of nitrogens with one attached hydrogen (secondary N) is 3. The Balaban J connectivity index is 1.46. The lowest BCUT2D eigenvalue weighted by molar-refractivity contribution is 0.222. The fourth-order valence-electron chi connectivity index (χ4n) is 2.87. The average molecular weight is 431 g/mol. The second kappa shape index (κ2) is 9.95. The molecular formula is C22H30N4O3S. The summed E-state index contributed by atoms with van der Waals surface area (Å²) in [5, 5.41) is 6.49. The minimum Gasteiger partial charge on any atom is -0.489 e. The van der Waals surface area contributed by atoms with Crippen molar-refractivity contribution in [1.29, 1.82) is 0 Å². The van der Waals surface area contributed by atoms with E-state index in [9.17, 15) is 8.42 Å². The third-order valence-corrected chi connectivity index (χ3v) is 6.33. The molecule has 1 fully saturated rings. The van der Waals surface area contributed by atoms with E-state index in [4.69, 9.17) is 4.74 Å². The molecular weight excluding hydrogens is 400 g/mol. The average Bonchev–Trinajstić information content (AvgIpc) is 3.53. The molecule has 8 heteroatoms. The predicted octanol–water partition coefficient (Wildman–Crippen LogP) is 2.57. The summed E-state index contributed by atoms with van der Waals surface area (Å²) in [6.45, 7) is 5.15. The number of sulfonamides is 1. The zero-order chi connectivity index (χ0) is 21.6. The van der Waals surface area contributed by atoms with Crippen LogP contribution in [0.25, 0.3) is 0 Å². The highest BCUT2D eigenvalue weighted by atomic mass is 32.2. The van der Waals surface area contributed by atoms with E-state index < -0.39 is 10.0 Å². The molecule has 3 rings (SSSR count). The van der Waals surface area contributed by atoms with E-state index in [0.29, 0.717) is 23.9 Å². The third kappa shape index (κ3) is 6.47. The Morgan fingerprint density at radius 3 is 2.47 bits per heavy atom. The van der Waals surface area contributed by atoms with Crippen molar-refractivity contribution in [2.24, 2.45) is 4.99 Å². The van der Waals surface area contributed by atoms with Crippen molar-refractivity contribution < 1.29 is 13.2 Å². The molecule has 0 heterocycles. The van der Waals surface area contributed by atoms with Crippen molar-refractivity contribution >= 4 is 16.0 Å². The molecule has 2 aromatic rings. The molecule has 1 aliphatic rings. The minimum atomic E-state index is -3.42. The van der Waals surface area contributed by atoms with Crippen LogP contribution >= 0.6 is 0 Å². The molecule has 0 bridgehead atoms. The molecule has 3 N–H and O–H groups in total. The van der Waals surface area contributed by atoms with Gasteiger partial charge in [-0.25, -0.2) is 13.1 Å². The summed E-state index contributed by atoms with van der Waals surface area (Å²) in [4.78, 5) is 4.52. The first kappa shape index (κ1) is 22.1. The van der Waals surface area contributed by atoms with Crippen molar-refractivity contribution in [3.63, 3.8) is 0 Å². The normalized spacial score (nSPS) is 15.5. The molecule has 0 spiro atoms. The molecule has 0 saturated heterocycles. The number of hydrogen-bond acceptors (Lipinski definition) is 4. The lowest BCUT2D eigenvalue weighted by atomic mass is 10.2. The van der Waals surface area contributed by atoms with Crippen LogP contribution in [0, 0.1) is 6.92 Å². The van der Waals surface area contributed by atoms with E-state index in [1.807, 2.05) is 50.2 Å². The van der Waals surface area contributed by atoms with Gasteiger partial charge >= 0.3 is 0 Å². The summed E-state index contributed by atoms with van der Waals surface area (Å²) in [6, 6.07) is 14.9. The minimum absolute atomic E-state index is 0.0342. The van der Waals surface area contributed by atoms with Crippen LogP contribution in [-0.2, 0) is 16.6 Å². The summed E-state index contributed by atoms with van der Waals surface area (Å²) in [6.07, 6.45) is 1.80. The van der Waals surface area contributed by atoms with Crippen LogP contribution in [0.3, 0.4) is 0 Å². The summed E-state index contributed by atoms with van der Waals surface area (Å²) >= 11 is 0. The van der Waals surface area contributed by atoms with Gasteiger partial charge in [-0.05, 0) is 56.0 Å². The zero-order valence-corrected chi connectivity index (χ0v) is 18.5. The first-order valence-corrected chi connectivity index (χ1v) is 11.6. The summed E-state index contributed by atoms with van der Waals surface area (Å²) in [7, 11) is -1.71. The Kier molecular flexibility index (Phi) is 7.33. The fraction of sp³-hybridized carbons (Fsp3) is 0.409. The molecule has 1 unspecified atom stereocenters. The van der Waals surface area contributed by atoms with E-state index in [1.54, 1.807) is 19.2 Å². The highest BCUT2D eigenvalue weighted by molar-refractivity contribution is 7.89. The van der Waals surface area contributed by atoms with Crippen LogP contribution in [0.15, 0.2) is 58.4 Å². The van der Waals surface area contributed by atoms with Gasteiger partial charge in [0, 0.05) is 19.6 Å². The highest BCUT2D eigenvalue weighted by Gasteiger charge is 2.27. The standard InChI is InChI=1S/C22H30N4O3S/c1-16-6-4-5-7-21(16)29-17(2)14-24-22(23-3)25-15-18-8-12-20(13-9-18)30(27,28)26-19-10-11-19/h4-9,12-13,17,19,26H,10-11,14-15H2,1-3H3,(H2,23,24,25). The van der Waals surface area contributed by atoms with Crippen molar-refractivity contribution in [1.82, 2.24) is 15.4 Å². The molecule has 0 amide bonds. The molecule has 1 saturated carbocycles. The van der Waals surface area contributed by atoms with E-state index in [0.717, 1.165) is 29.7 Å². The van der Waals surface area contributed by atoms with Gasteiger partial charge in [-0.15, -0.1) is 0 Å². The number of benzene rings is 2. The Bertz CT molecular complexity index is 970. The van der Waals surface area contributed by atoms with Crippen LogP contribution in [0.5, 0.6) is 5.75 Å². The number of ether oxygens (including phenoxy) is 1. The van der Waals surface area contributed by atoms with Crippen molar-refractivity contribution in [3.8, 4) is 5.75 Å². The van der Waals surface area contributed by atoms with Gasteiger partial charge in [-0.2, -0.15) is 0 Å². The number of guanidine groups is 1. The SMILES string of the molecule is CN=C(NCc1ccc(S(=O)(=O)NC2CC2)cc1)NCC(C)Oc1ccccc1C. The van der Waals surface area contributed by atoms with Gasteiger partial charge in [0.2, 0.25) is 10.0 Å². The van der Waals surface area contributed by atoms with E-state index >= 15 is 0 Å². The van der Waals surface area contributed by atoms with Crippen molar-refractivity contribution in [2.45, 2.75) is 50.3 Å². The van der Waals surface area contributed by atoms with Crippen LogP contribution in [0.2, 0.25) is 0 Å². The number of rotatable bonds is 9. The molecule has 1 aliphatic carbocycles. The molecule has 0 aromatic heterocycles. The Hall–Kier alpha value is -2.58. The summed E-state index contributed by atoms with van der Waals surface area (Å²) < 4.78 is 33.1. The second-order valence-corrected chi connectivity index (χ2v) is 9.25. The van der Waals surface area contributed by atoms with Gasteiger partial charge in [-0.1, -0.05) is 30.3 Å².